The van der Waals surface area contributed by atoms with Crippen molar-refractivity contribution in [1.29, 1.82) is 0 Å². The third-order valence-corrected chi connectivity index (χ3v) is 4.63. The molecule has 0 aliphatic carbocycles. The van der Waals surface area contributed by atoms with Crippen LogP contribution in [0.4, 0.5) is 4.79 Å². The predicted molar refractivity (Wildman–Crippen MR) is 91.0 cm³/mol. The molecule has 24 heavy (non-hydrogen) atoms. The topological polar surface area (TPSA) is 80.1 Å². The van der Waals surface area contributed by atoms with Gasteiger partial charge in [-0.3, -0.25) is 9.69 Å². The van der Waals surface area contributed by atoms with Crippen molar-refractivity contribution in [3.8, 4) is 5.69 Å². The van der Waals surface area contributed by atoms with Gasteiger partial charge in [-0.05, 0) is 32.4 Å². The van der Waals surface area contributed by atoms with Gasteiger partial charge in [-0.2, -0.15) is 0 Å². The number of carbonyl (C=O) groups is 2. The number of hydrogen-bond acceptors (Lipinski definition) is 5. The Morgan fingerprint density at radius 1 is 1.21 bits per heavy atom. The second-order valence-electron chi connectivity index (χ2n) is 6.02. The van der Waals surface area contributed by atoms with E-state index in [9.17, 15) is 9.59 Å². The highest BCUT2D eigenvalue weighted by Crippen LogP contribution is 2.19. The van der Waals surface area contributed by atoms with Crippen molar-refractivity contribution in [3.63, 3.8) is 0 Å². The van der Waals surface area contributed by atoms with Gasteiger partial charge in [0.2, 0.25) is 5.16 Å². The molecule has 1 fully saturated rings. The molecule has 3 rings (SSSR count). The van der Waals surface area contributed by atoms with E-state index in [1.807, 2.05) is 30.3 Å². The van der Waals surface area contributed by atoms with Crippen molar-refractivity contribution in [2.45, 2.75) is 31.0 Å². The van der Waals surface area contributed by atoms with E-state index in [1.165, 1.54) is 16.7 Å². The van der Waals surface area contributed by atoms with E-state index in [1.54, 1.807) is 24.9 Å². The summed E-state index contributed by atoms with van der Waals surface area (Å²) in [4.78, 5) is 29.4. The molecule has 0 radical (unpaired) electrons. The molecule has 8 heteroatoms. The van der Waals surface area contributed by atoms with Crippen molar-refractivity contribution in [1.82, 2.24) is 25.0 Å². The minimum atomic E-state index is -0.805. The first-order valence-corrected chi connectivity index (χ1v) is 8.70. The fourth-order valence-electron chi connectivity index (χ4n) is 2.43. The van der Waals surface area contributed by atoms with Gasteiger partial charge in [0.15, 0.2) is 0 Å². The zero-order valence-corrected chi connectivity index (χ0v) is 14.4. The molecule has 1 aliphatic rings. The SMILES string of the molecule is CC1(C)NC(=O)N(CCCSc2ncn(-c3ccccc3)n2)C1=O. The number of para-hydroxylation sites is 1. The van der Waals surface area contributed by atoms with Crippen molar-refractivity contribution in [2.75, 3.05) is 12.3 Å². The number of nitrogens with one attached hydrogen (secondary N) is 1. The van der Waals surface area contributed by atoms with Gasteiger partial charge in [0.05, 0.1) is 5.69 Å². The minimum Gasteiger partial charge on any atom is -0.324 e. The monoisotopic (exact) mass is 345 g/mol. The van der Waals surface area contributed by atoms with Crippen LogP contribution in [-0.2, 0) is 4.79 Å². The maximum Gasteiger partial charge on any atom is 0.325 e. The number of nitrogens with zero attached hydrogens (tertiary/aromatic N) is 4. The number of aromatic nitrogens is 3. The molecular formula is C16H19N5O2S. The summed E-state index contributed by atoms with van der Waals surface area (Å²) in [7, 11) is 0. The van der Waals surface area contributed by atoms with Crippen LogP contribution in [0.5, 0.6) is 0 Å². The number of thioether (sulfide) groups is 1. The van der Waals surface area contributed by atoms with Crippen molar-refractivity contribution >= 4 is 23.7 Å². The zero-order chi connectivity index (χ0) is 17.2. The molecule has 0 atom stereocenters. The second-order valence-corrected chi connectivity index (χ2v) is 7.08. The zero-order valence-electron chi connectivity index (χ0n) is 13.6. The average Bonchev–Trinajstić information content (AvgIpc) is 3.10. The van der Waals surface area contributed by atoms with Crippen LogP contribution in [0.2, 0.25) is 0 Å². The Balaban J connectivity index is 1.49. The van der Waals surface area contributed by atoms with E-state index >= 15 is 0 Å². The van der Waals surface area contributed by atoms with E-state index in [0.29, 0.717) is 18.1 Å². The van der Waals surface area contributed by atoms with Crippen LogP contribution >= 0.6 is 11.8 Å². The number of urea groups is 1. The third-order valence-electron chi connectivity index (χ3n) is 3.69. The lowest BCUT2D eigenvalue weighted by molar-refractivity contribution is -0.130. The summed E-state index contributed by atoms with van der Waals surface area (Å²) in [5.41, 5.74) is 0.152. The first-order chi connectivity index (χ1) is 11.5. The van der Waals surface area contributed by atoms with Crippen LogP contribution in [0.25, 0.3) is 5.69 Å². The maximum atomic E-state index is 12.1. The van der Waals surface area contributed by atoms with E-state index in [4.69, 9.17) is 0 Å². The summed E-state index contributed by atoms with van der Waals surface area (Å²) in [6, 6.07) is 9.45. The Labute approximate surface area is 144 Å². The van der Waals surface area contributed by atoms with Gasteiger partial charge in [0.1, 0.15) is 11.9 Å². The molecule has 1 saturated heterocycles. The Morgan fingerprint density at radius 3 is 2.62 bits per heavy atom. The predicted octanol–water partition coefficient (Wildman–Crippen LogP) is 2.08. The lowest BCUT2D eigenvalue weighted by atomic mass is 10.1. The minimum absolute atomic E-state index is 0.177. The van der Waals surface area contributed by atoms with Crippen LogP contribution in [0.3, 0.4) is 0 Å². The van der Waals surface area contributed by atoms with Gasteiger partial charge in [0.25, 0.3) is 5.91 Å². The molecular weight excluding hydrogens is 326 g/mol. The molecule has 0 saturated carbocycles. The summed E-state index contributed by atoms with van der Waals surface area (Å²) < 4.78 is 1.72. The maximum absolute atomic E-state index is 12.1. The molecule has 1 N–H and O–H groups in total. The third kappa shape index (κ3) is 3.43. The molecule has 2 heterocycles. The Kier molecular flexibility index (Phi) is 4.57. The van der Waals surface area contributed by atoms with Gasteiger partial charge < -0.3 is 5.32 Å². The Bertz CT molecular complexity index is 744. The fourth-order valence-corrected chi connectivity index (χ4v) is 3.15. The average molecular weight is 345 g/mol. The summed E-state index contributed by atoms with van der Waals surface area (Å²) in [6.45, 7) is 3.82. The van der Waals surface area contributed by atoms with E-state index in [-0.39, 0.29) is 11.9 Å². The van der Waals surface area contributed by atoms with E-state index < -0.39 is 5.54 Å². The smallest absolute Gasteiger partial charge is 0.324 e. The van der Waals surface area contributed by atoms with Crippen molar-refractivity contribution < 1.29 is 9.59 Å². The Hall–Kier alpha value is -2.35. The van der Waals surface area contributed by atoms with Crippen LogP contribution in [-0.4, -0.2) is 49.4 Å². The number of rotatable bonds is 6. The number of hydrogen-bond donors (Lipinski definition) is 1. The highest BCUT2D eigenvalue weighted by atomic mass is 32.2. The van der Waals surface area contributed by atoms with Gasteiger partial charge in [-0.15, -0.1) is 5.10 Å². The summed E-state index contributed by atoms with van der Waals surface area (Å²) in [5.74, 6) is 0.556. The van der Waals surface area contributed by atoms with Gasteiger partial charge >= 0.3 is 6.03 Å². The van der Waals surface area contributed by atoms with Gasteiger partial charge in [-0.1, -0.05) is 30.0 Å². The molecule has 2 aromatic rings. The lowest BCUT2D eigenvalue weighted by Crippen LogP contribution is -2.40. The first-order valence-electron chi connectivity index (χ1n) is 7.71. The summed E-state index contributed by atoms with van der Waals surface area (Å²) in [5, 5.41) is 7.76. The van der Waals surface area contributed by atoms with Gasteiger partial charge in [0, 0.05) is 12.3 Å². The summed E-state index contributed by atoms with van der Waals surface area (Å²) >= 11 is 1.51. The van der Waals surface area contributed by atoms with Crippen LogP contribution in [0.15, 0.2) is 41.8 Å². The normalized spacial score (nSPS) is 16.5. The molecule has 1 aromatic heterocycles. The number of benzene rings is 1. The highest BCUT2D eigenvalue weighted by molar-refractivity contribution is 7.99. The van der Waals surface area contributed by atoms with Crippen molar-refractivity contribution in [3.05, 3.63) is 36.7 Å². The quantitative estimate of drug-likeness (QED) is 0.492. The number of carbonyl (C=O) groups excluding carboxylic acids is 2. The molecule has 1 aromatic carbocycles. The van der Waals surface area contributed by atoms with Gasteiger partial charge in [-0.25, -0.2) is 14.5 Å². The highest BCUT2D eigenvalue weighted by Gasteiger charge is 2.43. The molecule has 0 spiro atoms. The lowest BCUT2D eigenvalue weighted by Gasteiger charge is -2.15. The van der Waals surface area contributed by atoms with E-state index in [0.717, 1.165) is 11.4 Å². The fraction of sp³-hybridized carbons (Fsp3) is 0.375. The molecule has 126 valence electrons. The number of imide groups is 1. The molecule has 0 unspecified atom stereocenters. The largest absolute Gasteiger partial charge is 0.325 e. The molecule has 1 aliphatic heterocycles. The standard InChI is InChI=1S/C16H19N5O2S/c1-16(2)13(22)20(15(23)18-16)9-6-10-24-14-17-11-21(19-14)12-7-4-3-5-8-12/h3-5,7-8,11H,6,9-10H2,1-2H3,(H,18,23). The first kappa shape index (κ1) is 16.5. The summed E-state index contributed by atoms with van der Waals surface area (Å²) in [6.07, 6.45) is 2.37. The van der Waals surface area contributed by atoms with Crippen LogP contribution < -0.4 is 5.32 Å². The van der Waals surface area contributed by atoms with Crippen LogP contribution in [0, 0.1) is 0 Å². The van der Waals surface area contributed by atoms with Crippen molar-refractivity contribution in [2.24, 2.45) is 0 Å². The second kappa shape index (κ2) is 6.64. The molecule has 0 bridgehead atoms. The van der Waals surface area contributed by atoms with Crippen LogP contribution in [0.1, 0.15) is 20.3 Å². The number of amides is 3. The van der Waals surface area contributed by atoms with E-state index in [2.05, 4.69) is 15.4 Å². The molecule has 7 nitrogen and oxygen atoms in total. The molecule has 3 amide bonds. The Morgan fingerprint density at radius 2 is 1.96 bits per heavy atom.